The third kappa shape index (κ3) is 4.00. The number of hydrogen-bond acceptors (Lipinski definition) is 5. The van der Waals surface area contributed by atoms with E-state index in [0.29, 0.717) is 16.7 Å². The molecule has 0 aliphatic heterocycles. The minimum Gasteiger partial charge on any atom is -0.468 e. The van der Waals surface area contributed by atoms with Crippen LogP contribution in [0, 0.1) is 0 Å². The summed E-state index contributed by atoms with van der Waals surface area (Å²) in [5, 5.41) is 0.488. The molecular weight excluding hydrogens is 248 g/mol. The third-order valence-corrected chi connectivity index (χ3v) is 3.35. The minimum absolute atomic E-state index is 0.398. The molecule has 0 aromatic carbocycles. The van der Waals surface area contributed by atoms with E-state index in [1.807, 2.05) is 12.1 Å². The van der Waals surface area contributed by atoms with E-state index >= 15 is 0 Å². The average molecular weight is 261 g/mol. The van der Waals surface area contributed by atoms with Crippen LogP contribution >= 0.6 is 23.4 Å². The number of esters is 1. The van der Waals surface area contributed by atoms with Gasteiger partial charge >= 0.3 is 5.97 Å². The highest BCUT2D eigenvalue weighted by Crippen LogP contribution is 2.18. The maximum absolute atomic E-state index is 11.0. The Morgan fingerprint density at radius 1 is 1.75 bits per heavy atom. The van der Waals surface area contributed by atoms with Crippen molar-refractivity contribution in [3.63, 3.8) is 0 Å². The van der Waals surface area contributed by atoms with Crippen LogP contribution < -0.4 is 5.73 Å². The van der Waals surface area contributed by atoms with Crippen LogP contribution in [0.2, 0.25) is 5.15 Å². The Bertz CT molecular complexity index is 362. The zero-order valence-corrected chi connectivity index (χ0v) is 10.4. The number of halogens is 1. The van der Waals surface area contributed by atoms with E-state index in [0.717, 1.165) is 5.56 Å². The molecule has 16 heavy (non-hydrogen) atoms. The highest BCUT2D eigenvalue weighted by molar-refractivity contribution is 7.98. The van der Waals surface area contributed by atoms with Crippen LogP contribution in [0.4, 0.5) is 0 Å². The van der Waals surface area contributed by atoms with Gasteiger partial charge in [-0.05, 0) is 11.6 Å². The standard InChI is InChI=1S/C10H13ClN2O2S/c1-15-10(14)8(12)6-16-5-7-3-2-4-13-9(7)11/h2-4,8H,5-6,12H2,1H3. The Kier molecular flexibility index (Phi) is 5.59. The lowest BCUT2D eigenvalue weighted by atomic mass is 10.3. The molecule has 0 amide bonds. The lowest BCUT2D eigenvalue weighted by Crippen LogP contribution is -2.33. The summed E-state index contributed by atoms with van der Waals surface area (Å²) in [6, 6.07) is 3.12. The van der Waals surface area contributed by atoms with E-state index in [4.69, 9.17) is 17.3 Å². The predicted molar refractivity (Wildman–Crippen MR) is 65.4 cm³/mol. The summed E-state index contributed by atoms with van der Waals surface area (Å²) in [6.07, 6.45) is 1.64. The van der Waals surface area contributed by atoms with Crippen LogP contribution in [-0.4, -0.2) is 29.9 Å². The Balaban J connectivity index is 2.36. The smallest absolute Gasteiger partial charge is 0.323 e. The number of aromatic nitrogens is 1. The van der Waals surface area contributed by atoms with E-state index in [-0.39, 0.29) is 0 Å². The SMILES string of the molecule is COC(=O)C(N)CSCc1cccnc1Cl. The molecule has 1 atom stereocenters. The molecule has 0 fully saturated rings. The quantitative estimate of drug-likeness (QED) is 0.642. The summed E-state index contributed by atoms with van der Waals surface area (Å²) in [4.78, 5) is 15.0. The summed E-state index contributed by atoms with van der Waals surface area (Å²) >= 11 is 7.40. The van der Waals surface area contributed by atoms with E-state index in [2.05, 4.69) is 9.72 Å². The molecule has 0 spiro atoms. The highest BCUT2D eigenvalue weighted by atomic mass is 35.5. The predicted octanol–water partition coefficient (Wildman–Crippen LogP) is 1.47. The molecule has 1 heterocycles. The van der Waals surface area contributed by atoms with Gasteiger partial charge in [0.25, 0.3) is 0 Å². The van der Waals surface area contributed by atoms with Crippen LogP contribution in [0.5, 0.6) is 0 Å². The Morgan fingerprint density at radius 2 is 2.50 bits per heavy atom. The van der Waals surface area contributed by atoms with Crippen molar-refractivity contribution in [3.05, 3.63) is 29.0 Å². The molecular formula is C10H13ClN2O2S. The number of nitrogens with zero attached hydrogens (tertiary/aromatic N) is 1. The molecule has 0 aliphatic carbocycles. The van der Waals surface area contributed by atoms with Gasteiger partial charge < -0.3 is 10.5 Å². The zero-order chi connectivity index (χ0) is 12.0. The number of carbonyl (C=O) groups is 1. The molecule has 1 unspecified atom stereocenters. The number of hydrogen-bond donors (Lipinski definition) is 1. The summed E-state index contributed by atoms with van der Waals surface area (Å²) < 4.78 is 4.52. The van der Waals surface area contributed by atoms with Crippen molar-refractivity contribution in [1.82, 2.24) is 4.98 Å². The molecule has 88 valence electrons. The first-order valence-corrected chi connectivity index (χ1v) is 6.19. The molecule has 1 rings (SSSR count). The minimum atomic E-state index is -0.592. The van der Waals surface area contributed by atoms with Crippen LogP contribution in [0.1, 0.15) is 5.56 Å². The number of thioether (sulfide) groups is 1. The van der Waals surface area contributed by atoms with Gasteiger partial charge in [-0.2, -0.15) is 11.8 Å². The van der Waals surface area contributed by atoms with E-state index in [9.17, 15) is 4.79 Å². The number of carbonyl (C=O) groups excluding carboxylic acids is 1. The Morgan fingerprint density at radius 3 is 3.12 bits per heavy atom. The number of pyridine rings is 1. The van der Waals surface area contributed by atoms with Crippen molar-refractivity contribution in [3.8, 4) is 0 Å². The zero-order valence-electron chi connectivity index (χ0n) is 8.85. The van der Waals surface area contributed by atoms with Crippen molar-refractivity contribution in [2.24, 2.45) is 5.73 Å². The fourth-order valence-electron chi connectivity index (χ4n) is 1.04. The lowest BCUT2D eigenvalue weighted by molar-refractivity contribution is -0.141. The number of methoxy groups -OCH3 is 1. The maximum Gasteiger partial charge on any atom is 0.323 e. The first-order valence-electron chi connectivity index (χ1n) is 4.65. The van der Waals surface area contributed by atoms with Crippen molar-refractivity contribution >= 4 is 29.3 Å². The van der Waals surface area contributed by atoms with Gasteiger partial charge in [-0.15, -0.1) is 0 Å². The van der Waals surface area contributed by atoms with Crippen LogP contribution in [-0.2, 0) is 15.3 Å². The van der Waals surface area contributed by atoms with Gasteiger partial charge in [0, 0.05) is 17.7 Å². The number of rotatable bonds is 5. The molecule has 0 saturated carbocycles. The first-order chi connectivity index (χ1) is 7.65. The second-order valence-electron chi connectivity index (χ2n) is 3.10. The molecule has 0 radical (unpaired) electrons. The van der Waals surface area contributed by atoms with Gasteiger partial charge in [0.05, 0.1) is 7.11 Å². The van der Waals surface area contributed by atoms with Crippen LogP contribution in [0.25, 0.3) is 0 Å². The van der Waals surface area contributed by atoms with E-state index in [1.165, 1.54) is 18.9 Å². The van der Waals surface area contributed by atoms with Crippen molar-refractivity contribution in [2.75, 3.05) is 12.9 Å². The molecule has 0 aliphatic rings. The van der Waals surface area contributed by atoms with Gasteiger partial charge in [-0.25, -0.2) is 4.98 Å². The maximum atomic E-state index is 11.0. The van der Waals surface area contributed by atoms with Crippen molar-refractivity contribution in [1.29, 1.82) is 0 Å². The van der Waals surface area contributed by atoms with Gasteiger partial charge in [0.1, 0.15) is 11.2 Å². The fourth-order valence-corrected chi connectivity index (χ4v) is 2.27. The summed E-state index contributed by atoms with van der Waals surface area (Å²) in [5.74, 6) is 0.778. The number of nitrogens with two attached hydrogens (primary N) is 1. The molecule has 0 saturated heterocycles. The van der Waals surface area contributed by atoms with Gasteiger partial charge in [-0.1, -0.05) is 17.7 Å². The largest absolute Gasteiger partial charge is 0.468 e. The van der Waals surface area contributed by atoms with E-state index < -0.39 is 12.0 Å². The number of ether oxygens (including phenoxy) is 1. The molecule has 2 N–H and O–H groups in total. The Hall–Kier alpha value is -0.780. The summed E-state index contributed by atoms with van der Waals surface area (Å²) in [5.41, 5.74) is 6.52. The highest BCUT2D eigenvalue weighted by Gasteiger charge is 2.13. The Labute approximate surface area is 104 Å². The lowest BCUT2D eigenvalue weighted by Gasteiger charge is -2.08. The normalized spacial score (nSPS) is 12.2. The van der Waals surface area contributed by atoms with E-state index in [1.54, 1.807) is 6.20 Å². The molecule has 1 aromatic heterocycles. The van der Waals surface area contributed by atoms with Crippen molar-refractivity contribution in [2.45, 2.75) is 11.8 Å². The summed E-state index contributed by atoms with van der Waals surface area (Å²) in [7, 11) is 1.32. The second-order valence-corrected chi connectivity index (χ2v) is 4.49. The van der Waals surface area contributed by atoms with Crippen LogP contribution in [0.15, 0.2) is 18.3 Å². The molecule has 4 nitrogen and oxygen atoms in total. The fraction of sp³-hybridized carbons (Fsp3) is 0.400. The van der Waals surface area contributed by atoms with Crippen LogP contribution in [0.3, 0.4) is 0 Å². The first kappa shape index (κ1) is 13.3. The summed E-state index contributed by atoms with van der Waals surface area (Å²) in [6.45, 7) is 0. The second kappa shape index (κ2) is 6.73. The topological polar surface area (TPSA) is 65.2 Å². The van der Waals surface area contributed by atoms with Crippen molar-refractivity contribution < 1.29 is 9.53 Å². The molecule has 1 aromatic rings. The van der Waals surface area contributed by atoms with Gasteiger partial charge in [0.2, 0.25) is 0 Å². The third-order valence-electron chi connectivity index (χ3n) is 1.90. The average Bonchev–Trinajstić information content (AvgIpc) is 2.30. The molecule has 6 heteroatoms. The van der Waals surface area contributed by atoms with Gasteiger partial charge in [-0.3, -0.25) is 4.79 Å². The van der Waals surface area contributed by atoms with Gasteiger partial charge in [0.15, 0.2) is 0 Å². The monoisotopic (exact) mass is 260 g/mol. The molecule has 0 bridgehead atoms.